The Bertz CT molecular complexity index is 346. The van der Waals surface area contributed by atoms with Crippen molar-refractivity contribution < 1.29 is 0 Å². The van der Waals surface area contributed by atoms with E-state index in [9.17, 15) is 0 Å². The summed E-state index contributed by atoms with van der Waals surface area (Å²) in [4.78, 5) is 0. The number of benzene rings is 1. The highest BCUT2D eigenvalue weighted by Crippen LogP contribution is 2.35. The molecule has 1 rings (SSSR count). The molecule has 0 atom stereocenters. The molecule has 0 aliphatic rings. The molecular formula is C14H19Br2Cl. The molecule has 96 valence electrons. The van der Waals surface area contributed by atoms with Gasteiger partial charge in [0.05, 0.1) is 0 Å². The highest BCUT2D eigenvalue weighted by molar-refractivity contribution is 9.09. The van der Waals surface area contributed by atoms with Gasteiger partial charge in [-0.2, -0.15) is 0 Å². The summed E-state index contributed by atoms with van der Waals surface area (Å²) in [6.07, 6.45) is 2.39. The third kappa shape index (κ3) is 4.25. The van der Waals surface area contributed by atoms with Crippen molar-refractivity contribution >= 4 is 43.5 Å². The zero-order chi connectivity index (χ0) is 12.9. The number of alkyl halides is 2. The van der Waals surface area contributed by atoms with E-state index in [4.69, 9.17) is 11.6 Å². The van der Waals surface area contributed by atoms with Gasteiger partial charge in [-0.05, 0) is 30.0 Å². The fourth-order valence-electron chi connectivity index (χ4n) is 1.85. The summed E-state index contributed by atoms with van der Waals surface area (Å²) in [5.74, 6) is 0.728. The van der Waals surface area contributed by atoms with Crippen LogP contribution < -0.4 is 0 Å². The predicted molar refractivity (Wildman–Crippen MR) is 84.8 cm³/mol. The molecule has 0 N–H and O–H groups in total. The van der Waals surface area contributed by atoms with Crippen LogP contribution in [0.1, 0.15) is 32.3 Å². The maximum atomic E-state index is 6.10. The van der Waals surface area contributed by atoms with Gasteiger partial charge in [0.15, 0.2) is 0 Å². The van der Waals surface area contributed by atoms with Crippen LogP contribution in [-0.4, -0.2) is 10.7 Å². The second-order valence-corrected chi connectivity index (χ2v) is 6.55. The molecule has 3 heteroatoms. The third-order valence-electron chi connectivity index (χ3n) is 3.15. The Hall–Kier alpha value is 0.470. The molecular weight excluding hydrogens is 363 g/mol. The van der Waals surface area contributed by atoms with E-state index in [1.807, 2.05) is 12.1 Å². The van der Waals surface area contributed by atoms with E-state index < -0.39 is 0 Å². The van der Waals surface area contributed by atoms with Crippen LogP contribution >= 0.6 is 43.5 Å². The summed E-state index contributed by atoms with van der Waals surface area (Å²) < 4.78 is 0. The first-order valence-electron chi connectivity index (χ1n) is 5.92. The van der Waals surface area contributed by atoms with Gasteiger partial charge in [0.25, 0.3) is 0 Å². The molecule has 1 aromatic carbocycles. The molecule has 0 fully saturated rings. The first kappa shape index (κ1) is 15.5. The topological polar surface area (TPSA) is 0 Å². The van der Waals surface area contributed by atoms with E-state index in [0.717, 1.165) is 21.6 Å². The van der Waals surface area contributed by atoms with Crippen molar-refractivity contribution in [1.82, 2.24) is 0 Å². The summed E-state index contributed by atoms with van der Waals surface area (Å²) in [5.41, 5.74) is 1.47. The van der Waals surface area contributed by atoms with Crippen LogP contribution in [0.5, 0.6) is 0 Å². The summed E-state index contributed by atoms with van der Waals surface area (Å²) >= 11 is 13.4. The Labute approximate surface area is 126 Å². The molecule has 0 bridgehead atoms. The van der Waals surface area contributed by atoms with Crippen LogP contribution in [-0.2, 0) is 5.41 Å². The normalized spacial score (nSPS) is 12.1. The van der Waals surface area contributed by atoms with Crippen molar-refractivity contribution in [1.29, 1.82) is 0 Å². The quantitative estimate of drug-likeness (QED) is 0.545. The van der Waals surface area contributed by atoms with E-state index in [1.54, 1.807) is 0 Å². The maximum absolute atomic E-state index is 6.10. The summed E-state index contributed by atoms with van der Waals surface area (Å²) in [6, 6.07) is 8.23. The fraction of sp³-hybridized carbons (Fsp3) is 0.571. The summed E-state index contributed by atoms with van der Waals surface area (Å²) in [5, 5.41) is 2.73. The first-order chi connectivity index (χ1) is 8.04. The van der Waals surface area contributed by atoms with Crippen LogP contribution in [0.4, 0.5) is 0 Å². The molecule has 0 amide bonds. The Balaban J connectivity index is 2.97. The molecule has 0 spiro atoms. The van der Waals surface area contributed by atoms with Gasteiger partial charge in [-0.1, -0.05) is 75.9 Å². The second-order valence-electron chi connectivity index (χ2n) is 4.99. The van der Waals surface area contributed by atoms with Gasteiger partial charge in [0.2, 0.25) is 0 Å². The lowest BCUT2D eigenvalue weighted by molar-refractivity contribution is 0.431. The van der Waals surface area contributed by atoms with Gasteiger partial charge >= 0.3 is 0 Å². The van der Waals surface area contributed by atoms with Crippen LogP contribution in [0.25, 0.3) is 0 Å². The molecule has 0 nitrogen and oxygen atoms in total. The van der Waals surface area contributed by atoms with Crippen molar-refractivity contribution in [3.05, 3.63) is 34.9 Å². The lowest BCUT2D eigenvalue weighted by atomic mass is 9.79. The van der Waals surface area contributed by atoms with Gasteiger partial charge in [0, 0.05) is 21.1 Å². The first-order valence-corrected chi connectivity index (χ1v) is 8.54. The highest BCUT2D eigenvalue weighted by Gasteiger charge is 2.30. The van der Waals surface area contributed by atoms with Gasteiger partial charge < -0.3 is 0 Å². The van der Waals surface area contributed by atoms with Crippen molar-refractivity contribution in [3.8, 4) is 0 Å². The Morgan fingerprint density at radius 1 is 1.24 bits per heavy atom. The van der Waals surface area contributed by atoms with Crippen LogP contribution in [0, 0.1) is 5.92 Å². The SMILES string of the molecule is CC(C)CCC(CBr)(CBr)c1cccc(Cl)c1. The third-order valence-corrected chi connectivity index (χ3v) is 5.53. The van der Waals surface area contributed by atoms with Gasteiger partial charge in [-0.25, -0.2) is 0 Å². The van der Waals surface area contributed by atoms with Crippen LogP contribution in [0.3, 0.4) is 0 Å². The Morgan fingerprint density at radius 3 is 2.35 bits per heavy atom. The lowest BCUT2D eigenvalue weighted by Gasteiger charge is -2.31. The average Bonchev–Trinajstić information content (AvgIpc) is 2.31. The van der Waals surface area contributed by atoms with Gasteiger partial charge in [-0.15, -0.1) is 0 Å². The molecule has 0 aliphatic heterocycles. The van der Waals surface area contributed by atoms with E-state index in [2.05, 4.69) is 57.8 Å². The fourth-order valence-corrected chi connectivity index (χ4v) is 4.18. The van der Waals surface area contributed by atoms with Crippen molar-refractivity contribution in [2.24, 2.45) is 5.92 Å². The maximum Gasteiger partial charge on any atom is 0.0408 e. The number of hydrogen-bond donors (Lipinski definition) is 0. The molecule has 0 saturated heterocycles. The minimum Gasteiger partial charge on any atom is -0.0918 e. The van der Waals surface area contributed by atoms with E-state index >= 15 is 0 Å². The molecule has 0 aromatic heterocycles. The zero-order valence-corrected chi connectivity index (χ0v) is 14.3. The minimum atomic E-state index is 0.148. The van der Waals surface area contributed by atoms with E-state index in [-0.39, 0.29) is 5.41 Å². The smallest absolute Gasteiger partial charge is 0.0408 e. The molecule has 1 aromatic rings. The number of rotatable bonds is 6. The largest absolute Gasteiger partial charge is 0.0918 e. The Kier molecular flexibility index (Phi) is 6.54. The zero-order valence-electron chi connectivity index (χ0n) is 10.3. The van der Waals surface area contributed by atoms with Crippen LogP contribution in [0.15, 0.2) is 24.3 Å². The van der Waals surface area contributed by atoms with Crippen molar-refractivity contribution in [3.63, 3.8) is 0 Å². The predicted octanol–water partition coefficient (Wildman–Crippen LogP) is 5.80. The molecule has 0 unspecified atom stereocenters. The molecule has 0 heterocycles. The molecule has 0 saturated carbocycles. The molecule has 0 aliphatic carbocycles. The van der Waals surface area contributed by atoms with E-state index in [0.29, 0.717) is 0 Å². The lowest BCUT2D eigenvalue weighted by Crippen LogP contribution is -2.30. The standard InChI is InChI=1S/C14H19Br2Cl/c1-11(2)6-7-14(9-15,10-16)12-4-3-5-13(17)8-12/h3-5,8,11H,6-7,9-10H2,1-2H3. The second kappa shape index (κ2) is 7.16. The van der Waals surface area contributed by atoms with Gasteiger partial charge in [0.1, 0.15) is 0 Å². The minimum absolute atomic E-state index is 0.148. The monoisotopic (exact) mass is 380 g/mol. The summed E-state index contributed by atoms with van der Waals surface area (Å²) in [7, 11) is 0. The Morgan fingerprint density at radius 2 is 1.88 bits per heavy atom. The summed E-state index contributed by atoms with van der Waals surface area (Å²) in [6.45, 7) is 4.54. The highest BCUT2D eigenvalue weighted by atomic mass is 79.9. The molecule has 0 radical (unpaired) electrons. The van der Waals surface area contributed by atoms with Crippen molar-refractivity contribution in [2.45, 2.75) is 32.1 Å². The number of halogens is 3. The van der Waals surface area contributed by atoms with Crippen LogP contribution in [0.2, 0.25) is 5.02 Å². The van der Waals surface area contributed by atoms with Gasteiger partial charge in [-0.3, -0.25) is 0 Å². The molecule has 17 heavy (non-hydrogen) atoms. The van der Waals surface area contributed by atoms with Crippen molar-refractivity contribution in [2.75, 3.05) is 10.7 Å². The average molecular weight is 383 g/mol. The van der Waals surface area contributed by atoms with E-state index in [1.165, 1.54) is 18.4 Å². The number of hydrogen-bond acceptors (Lipinski definition) is 0.